The maximum absolute atomic E-state index is 8.79. The highest BCUT2D eigenvalue weighted by molar-refractivity contribution is 6.60. The van der Waals surface area contributed by atoms with Gasteiger partial charge in [-0.2, -0.15) is 5.26 Å². The maximum atomic E-state index is 8.79. The van der Waals surface area contributed by atoms with Gasteiger partial charge in [0.2, 0.25) is 0 Å². The van der Waals surface area contributed by atoms with Crippen LogP contribution in [-0.2, 0) is 13.3 Å². The fourth-order valence-corrected chi connectivity index (χ4v) is 5.98. The average molecular weight is 432 g/mol. The topological polar surface area (TPSA) is 91.1 Å². The minimum absolute atomic E-state index is 0.668. The molecule has 0 radical (unpaired) electrons. The molecule has 9 heteroatoms. The van der Waals surface area contributed by atoms with Gasteiger partial charge in [-0.1, -0.05) is 12.1 Å². The number of nitrogens with one attached hydrogen (secondary N) is 2. The van der Waals surface area contributed by atoms with Crippen molar-refractivity contribution in [2.45, 2.75) is 12.5 Å². The predicted octanol–water partition coefficient (Wildman–Crippen LogP) is 0.864. The highest BCUT2D eigenvalue weighted by Crippen LogP contribution is 2.21. The van der Waals surface area contributed by atoms with Crippen molar-refractivity contribution >= 4 is 15.0 Å². The van der Waals surface area contributed by atoms with E-state index in [4.69, 9.17) is 18.5 Å². The molecule has 8 nitrogen and oxygen atoms in total. The van der Waals surface area contributed by atoms with Crippen LogP contribution in [0.2, 0.25) is 6.04 Å². The molecule has 3 saturated heterocycles. The van der Waals surface area contributed by atoms with Crippen molar-refractivity contribution in [3.05, 3.63) is 35.4 Å². The van der Waals surface area contributed by atoms with Crippen LogP contribution in [0.4, 0.5) is 0 Å². The summed E-state index contributed by atoms with van der Waals surface area (Å²) in [5.74, 6) is 0. The van der Waals surface area contributed by atoms with Crippen molar-refractivity contribution in [3.63, 3.8) is 0 Å². The standard InChI is InChI=1S/C21H33N5O3Si/c22-18-20-2-4-21(5-3-20)19-25-10-9-24-8-7-23-6-1-17-30-27-14-11-26(12-15-28-30)13-16-29-30/h2-5,19,23-24H,1,6-17H2. The SMILES string of the molecule is N#Cc1ccc(C=NCCNCCNCCC[Si]23OCCN(CCO2)CCO3)cc1. The zero-order valence-electron chi connectivity index (χ0n) is 17.6. The minimum atomic E-state index is -2.47. The Balaban J connectivity index is 1.19. The van der Waals surface area contributed by atoms with Crippen molar-refractivity contribution in [2.24, 2.45) is 4.99 Å². The van der Waals surface area contributed by atoms with Crippen LogP contribution in [0, 0.1) is 11.3 Å². The van der Waals surface area contributed by atoms with Gasteiger partial charge in [-0.25, -0.2) is 0 Å². The van der Waals surface area contributed by atoms with Crippen LogP contribution in [0.5, 0.6) is 0 Å². The first kappa shape index (κ1) is 23.0. The molecule has 0 amide bonds. The quantitative estimate of drug-likeness (QED) is 0.305. The van der Waals surface area contributed by atoms with Gasteiger partial charge >= 0.3 is 8.80 Å². The van der Waals surface area contributed by atoms with Gasteiger partial charge in [-0.05, 0) is 30.7 Å². The fourth-order valence-electron chi connectivity index (χ4n) is 3.48. The number of nitriles is 1. The van der Waals surface area contributed by atoms with Crippen molar-refractivity contribution in [1.82, 2.24) is 15.5 Å². The van der Waals surface area contributed by atoms with E-state index in [-0.39, 0.29) is 0 Å². The Hall–Kier alpha value is -1.64. The van der Waals surface area contributed by atoms with Gasteiger partial charge < -0.3 is 23.9 Å². The molecule has 0 spiro atoms. The monoisotopic (exact) mass is 431 g/mol. The molecule has 0 unspecified atom stereocenters. The summed E-state index contributed by atoms with van der Waals surface area (Å²) in [4.78, 5) is 6.75. The highest BCUT2D eigenvalue weighted by atomic mass is 28.4. The molecule has 0 saturated carbocycles. The number of hydrogen-bond acceptors (Lipinski definition) is 8. The lowest BCUT2D eigenvalue weighted by molar-refractivity contribution is -0.00849. The molecule has 1 aromatic carbocycles. The second-order valence-corrected chi connectivity index (χ2v) is 10.2. The van der Waals surface area contributed by atoms with Gasteiger partial charge in [0.05, 0.1) is 38.0 Å². The summed E-state index contributed by atoms with van der Waals surface area (Å²) in [5.41, 5.74) is 1.68. The van der Waals surface area contributed by atoms with E-state index >= 15 is 0 Å². The van der Waals surface area contributed by atoms with Gasteiger partial charge in [0.25, 0.3) is 0 Å². The number of benzene rings is 1. The lowest BCUT2D eigenvalue weighted by Gasteiger charge is -2.38. The Morgan fingerprint density at radius 3 is 2.23 bits per heavy atom. The zero-order valence-corrected chi connectivity index (χ0v) is 18.6. The summed E-state index contributed by atoms with van der Waals surface area (Å²) in [6, 6.07) is 10.4. The van der Waals surface area contributed by atoms with Crippen molar-refractivity contribution in [1.29, 1.82) is 5.26 Å². The van der Waals surface area contributed by atoms with Crippen LogP contribution in [0.25, 0.3) is 0 Å². The first-order chi connectivity index (χ1) is 14.8. The van der Waals surface area contributed by atoms with Crippen LogP contribution in [-0.4, -0.2) is 92.1 Å². The van der Waals surface area contributed by atoms with E-state index in [1.54, 1.807) is 12.1 Å². The molecule has 0 aromatic heterocycles. The van der Waals surface area contributed by atoms with Gasteiger partial charge in [-0.3, -0.25) is 9.89 Å². The van der Waals surface area contributed by atoms with E-state index in [9.17, 15) is 0 Å². The first-order valence-electron chi connectivity index (χ1n) is 10.9. The normalized spacial score (nSPS) is 24.3. The number of aliphatic imine (C=N–C) groups is 1. The van der Waals surface area contributed by atoms with Gasteiger partial charge in [-0.15, -0.1) is 0 Å². The molecule has 0 atom stereocenters. The first-order valence-corrected chi connectivity index (χ1v) is 12.8. The van der Waals surface area contributed by atoms with E-state index < -0.39 is 8.80 Å². The van der Waals surface area contributed by atoms with E-state index in [2.05, 4.69) is 26.6 Å². The van der Waals surface area contributed by atoms with E-state index in [1.165, 1.54) is 0 Å². The second kappa shape index (κ2) is 12.9. The summed E-state index contributed by atoms with van der Waals surface area (Å²) in [6.07, 6.45) is 2.85. The third-order valence-corrected chi connectivity index (χ3v) is 8.10. The molecule has 3 aliphatic rings. The number of hydrogen-bond donors (Lipinski definition) is 2. The Morgan fingerprint density at radius 2 is 1.60 bits per heavy atom. The summed E-state index contributed by atoms with van der Waals surface area (Å²) in [6.45, 7) is 9.48. The van der Waals surface area contributed by atoms with Crippen molar-refractivity contribution in [2.75, 3.05) is 72.2 Å². The summed E-state index contributed by atoms with van der Waals surface area (Å²) in [7, 11) is -2.47. The van der Waals surface area contributed by atoms with Crippen LogP contribution in [0.3, 0.4) is 0 Å². The van der Waals surface area contributed by atoms with Crippen LogP contribution in [0.15, 0.2) is 29.3 Å². The summed E-state index contributed by atoms with van der Waals surface area (Å²) >= 11 is 0. The van der Waals surface area contributed by atoms with E-state index in [1.807, 2.05) is 18.3 Å². The average Bonchev–Trinajstić information content (AvgIpc) is 2.72. The lowest BCUT2D eigenvalue weighted by Crippen LogP contribution is -2.55. The Morgan fingerprint density at radius 1 is 0.967 bits per heavy atom. The maximum Gasteiger partial charge on any atom is 0.501 e. The highest BCUT2D eigenvalue weighted by Gasteiger charge is 2.43. The van der Waals surface area contributed by atoms with Gasteiger partial charge in [0.15, 0.2) is 0 Å². The molecule has 30 heavy (non-hydrogen) atoms. The van der Waals surface area contributed by atoms with Crippen LogP contribution >= 0.6 is 0 Å². The molecule has 3 fully saturated rings. The third-order valence-electron chi connectivity index (χ3n) is 5.20. The van der Waals surface area contributed by atoms with Crippen molar-refractivity contribution < 1.29 is 13.3 Å². The van der Waals surface area contributed by atoms with Crippen LogP contribution < -0.4 is 10.6 Å². The third kappa shape index (κ3) is 7.89. The number of rotatable bonds is 11. The van der Waals surface area contributed by atoms with Crippen molar-refractivity contribution in [3.8, 4) is 6.07 Å². The minimum Gasteiger partial charge on any atom is -0.372 e. The predicted molar refractivity (Wildman–Crippen MR) is 119 cm³/mol. The van der Waals surface area contributed by atoms with Gasteiger partial charge in [0.1, 0.15) is 0 Å². The molecule has 164 valence electrons. The lowest BCUT2D eigenvalue weighted by atomic mass is 10.2. The largest absolute Gasteiger partial charge is 0.501 e. The van der Waals surface area contributed by atoms with Crippen LogP contribution in [0.1, 0.15) is 17.5 Å². The molecule has 3 aliphatic heterocycles. The Kier molecular flexibility index (Phi) is 9.92. The zero-order chi connectivity index (χ0) is 20.9. The fraction of sp³-hybridized carbons (Fsp3) is 0.619. The molecular weight excluding hydrogens is 398 g/mol. The number of nitrogens with zero attached hydrogens (tertiary/aromatic N) is 3. The van der Waals surface area contributed by atoms with E-state index in [0.29, 0.717) is 5.56 Å². The molecule has 0 aliphatic carbocycles. The second-order valence-electron chi connectivity index (χ2n) is 7.44. The molecule has 4 rings (SSSR count). The Labute approximate surface area is 180 Å². The summed E-state index contributed by atoms with van der Waals surface area (Å²) < 4.78 is 18.2. The molecule has 1 aromatic rings. The molecule has 2 bridgehead atoms. The molecule has 3 heterocycles. The molecule has 2 N–H and O–H groups in total. The number of fused-ring (bicyclic) bond motifs is 6. The molecular formula is C21H33N5O3Si. The van der Waals surface area contributed by atoms with E-state index in [0.717, 1.165) is 90.2 Å². The Bertz CT molecular complexity index is 668. The smallest absolute Gasteiger partial charge is 0.372 e. The summed E-state index contributed by atoms with van der Waals surface area (Å²) in [5, 5.41) is 15.7. The van der Waals surface area contributed by atoms with Gasteiger partial charge in [0, 0.05) is 51.5 Å².